The number of nitrogens with zero attached hydrogens (tertiary/aromatic N) is 6. The number of rotatable bonds is 5. The minimum absolute atomic E-state index is 0.235. The van der Waals surface area contributed by atoms with Crippen molar-refractivity contribution in [3.05, 3.63) is 70.7 Å². The van der Waals surface area contributed by atoms with Gasteiger partial charge in [-0.25, -0.2) is 14.1 Å². The molecule has 1 saturated heterocycles. The Morgan fingerprint density at radius 2 is 1.79 bits per heavy atom. The first-order chi connectivity index (χ1) is 14.2. The molecule has 0 saturated carbocycles. The lowest BCUT2D eigenvalue weighted by Crippen LogP contribution is -2.33. The number of piperidine rings is 1. The predicted octanol–water partition coefficient (Wildman–Crippen LogP) is 3.85. The smallest absolute Gasteiger partial charge is 0.165 e. The van der Waals surface area contributed by atoms with Crippen molar-refractivity contribution in [3.8, 4) is 0 Å². The summed E-state index contributed by atoms with van der Waals surface area (Å²) >= 11 is 1.82. The van der Waals surface area contributed by atoms with Gasteiger partial charge in [0.25, 0.3) is 0 Å². The van der Waals surface area contributed by atoms with E-state index in [0.29, 0.717) is 12.5 Å². The molecule has 29 heavy (non-hydrogen) atoms. The number of halogens is 1. The van der Waals surface area contributed by atoms with E-state index in [1.807, 2.05) is 17.4 Å². The molecule has 6 nitrogen and oxygen atoms in total. The quantitative estimate of drug-likeness (QED) is 0.502. The summed E-state index contributed by atoms with van der Waals surface area (Å²) in [4.78, 5) is 7.24. The number of hydrogen-bond donors (Lipinski definition) is 0. The zero-order valence-corrected chi connectivity index (χ0v) is 16.7. The lowest BCUT2D eigenvalue weighted by Gasteiger charge is -2.30. The highest BCUT2D eigenvalue weighted by molar-refractivity contribution is 7.18. The van der Waals surface area contributed by atoms with Gasteiger partial charge in [-0.1, -0.05) is 24.3 Å². The maximum atomic E-state index is 13.1. The molecule has 1 aliphatic rings. The molecule has 0 radical (unpaired) electrons. The Morgan fingerprint density at radius 1 is 1.00 bits per heavy atom. The van der Waals surface area contributed by atoms with Crippen molar-refractivity contribution in [2.24, 2.45) is 0 Å². The Morgan fingerprint density at radius 3 is 2.59 bits per heavy atom. The minimum atomic E-state index is -0.235. The fourth-order valence-electron chi connectivity index (χ4n) is 3.82. The van der Waals surface area contributed by atoms with Crippen molar-refractivity contribution in [1.29, 1.82) is 0 Å². The van der Waals surface area contributed by atoms with E-state index in [4.69, 9.17) is 4.98 Å². The van der Waals surface area contributed by atoms with Crippen LogP contribution in [0.1, 0.15) is 35.2 Å². The summed E-state index contributed by atoms with van der Waals surface area (Å²) in [6, 6.07) is 14.8. The topological polar surface area (TPSA) is 59.7 Å². The van der Waals surface area contributed by atoms with Gasteiger partial charge in [-0.05, 0) is 66.2 Å². The van der Waals surface area contributed by atoms with E-state index in [1.165, 1.54) is 21.8 Å². The lowest BCUT2D eigenvalue weighted by atomic mass is 9.97. The van der Waals surface area contributed by atoms with Gasteiger partial charge in [0.15, 0.2) is 5.82 Å². The molecule has 0 atom stereocenters. The second-order valence-electron chi connectivity index (χ2n) is 7.45. The SMILES string of the molecule is Fc1ccc(Cn2nnnc2CN2CCC(c3nc4ccccc4s3)CC2)cc1. The molecule has 0 bridgehead atoms. The molecule has 0 spiro atoms. The molecule has 2 aromatic heterocycles. The Balaban J connectivity index is 1.21. The second kappa shape index (κ2) is 7.96. The van der Waals surface area contributed by atoms with Crippen LogP contribution < -0.4 is 0 Å². The number of para-hydroxylation sites is 1. The van der Waals surface area contributed by atoms with E-state index in [-0.39, 0.29) is 5.82 Å². The third-order valence-corrected chi connectivity index (χ3v) is 6.66. The monoisotopic (exact) mass is 408 g/mol. The van der Waals surface area contributed by atoms with Crippen LogP contribution in [0.2, 0.25) is 0 Å². The number of benzene rings is 2. The number of likely N-dealkylation sites (tertiary alicyclic amines) is 1. The normalized spacial score (nSPS) is 15.9. The van der Waals surface area contributed by atoms with Gasteiger partial charge in [0, 0.05) is 5.92 Å². The summed E-state index contributed by atoms with van der Waals surface area (Å²) in [6.45, 7) is 3.28. The first kappa shape index (κ1) is 18.3. The van der Waals surface area contributed by atoms with E-state index in [0.717, 1.165) is 49.4 Å². The number of aromatic nitrogens is 5. The number of hydrogen-bond acceptors (Lipinski definition) is 6. The maximum Gasteiger partial charge on any atom is 0.165 e. The summed E-state index contributed by atoms with van der Waals surface area (Å²) in [7, 11) is 0. The Hall–Kier alpha value is -2.71. The van der Waals surface area contributed by atoms with Gasteiger partial charge in [-0.3, -0.25) is 4.90 Å². The van der Waals surface area contributed by atoms with Crippen molar-refractivity contribution in [1.82, 2.24) is 30.1 Å². The predicted molar refractivity (Wildman–Crippen MR) is 110 cm³/mol. The van der Waals surface area contributed by atoms with Gasteiger partial charge < -0.3 is 0 Å². The summed E-state index contributed by atoms with van der Waals surface area (Å²) in [5, 5.41) is 13.4. The van der Waals surface area contributed by atoms with E-state index < -0.39 is 0 Å². The second-order valence-corrected chi connectivity index (χ2v) is 8.51. The molecular formula is C21H21FN6S. The van der Waals surface area contributed by atoms with E-state index in [2.05, 4.69) is 38.6 Å². The van der Waals surface area contributed by atoms with Crippen molar-refractivity contribution >= 4 is 21.6 Å². The van der Waals surface area contributed by atoms with Crippen LogP contribution in [0.25, 0.3) is 10.2 Å². The van der Waals surface area contributed by atoms with Crippen LogP contribution in [0.5, 0.6) is 0 Å². The Kier molecular flexibility index (Phi) is 5.03. The van der Waals surface area contributed by atoms with Crippen LogP contribution in [-0.4, -0.2) is 43.2 Å². The van der Waals surface area contributed by atoms with Crippen LogP contribution in [0, 0.1) is 5.82 Å². The largest absolute Gasteiger partial charge is 0.296 e. The van der Waals surface area contributed by atoms with Crippen LogP contribution in [0.15, 0.2) is 48.5 Å². The first-order valence-electron chi connectivity index (χ1n) is 9.82. The zero-order chi connectivity index (χ0) is 19.6. The standard InChI is InChI=1S/C21H21FN6S/c22-17-7-5-15(6-8-17)13-28-20(24-25-26-28)14-27-11-9-16(10-12-27)21-23-18-3-1-2-4-19(18)29-21/h1-8,16H,9-14H2. The highest BCUT2D eigenvalue weighted by Crippen LogP contribution is 2.34. The van der Waals surface area contributed by atoms with Crippen LogP contribution in [0.4, 0.5) is 4.39 Å². The first-order valence-corrected chi connectivity index (χ1v) is 10.6. The van der Waals surface area contributed by atoms with E-state index in [9.17, 15) is 4.39 Å². The van der Waals surface area contributed by atoms with Crippen molar-refractivity contribution in [2.75, 3.05) is 13.1 Å². The lowest BCUT2D eigenvalue weighted by molar-refractivity contribution is 0.197. The Bertz CT molecular complexity index is 1060. The summed E-state index contributed by atoms with van der Waals surface area (Å²) < 4.78 is 16.2. The average molecular weight is 409 g/mol. The maximum absolute atomic E-state index is 13.1. The molecule has 0 N–H and O–H groups in total. The molecule has 148 valence electrons. The summed E-state index contributed by atoms with van der Waals surface area (Å²) in [6.07, 6.45) is 2.19. The zero-order valence-electron chi connectivity index (χ0n) is 15.9. The van der Waals surface area contributed by atoms with Crippen molar-refractivity contribution in [2.45, 2.75) is 31.8 Å². The molecule has 8 heteroatoms. The molecule has 2 aromatic carbocycles. The van der Waals surface area contributed by atoms with Gasteiger partial charge in [-0.15, -0.1) is 16.4 Å². The fraction of sp³-hybridized carbons (Fsp3) is 0.333. The summed E-state index contributed by atoms with van der Waals surface area (Å²) in [5.41, 5.74) is 2.09. The van der Waals surface area contributed by atoms with Gasteiger partial charge in [0.1, 0.15) is 5.82 Å². The molecule has 1 aliphatic heterocycles. The van der Waals surface area contributed by atoms with Gasteiger partial charge in [0.05, 0.1) is 28.3 Å². The molecular weight excluding hydrogens is 387 g/mol. The molecule has 4 aromatic rings. The minimum Gasteiger partial charge on any atom is -0.296 e. The van der Waals surface area contributed by atoms with Crippen molar-refractivity contribution in [3.63, 3.8) is 0 Å². The molecule has 3 heterocycles. The van der Waals surface area contributed by atoms with Crippen LogP contribution in [-0.2, 0) is 13.1 Å². The van der Waals surface area contributed by atoms with E-state index in [1.54, 1.807) is 16.8 Å². The highest BCUT2D eigenvalue weighted by atomic mass is 32.1. The van der Waals surface area contributed by atoms with Gasteiger partial charge in [-0.2, -0.15) is 0 Å². The number of thiazole rings is 1. The third kappa shape index (κ3) is 4.04. The summed E-state index contributed by atoms with van der Waals surface area (Å²) in [5.74, 6) is 1.13. The van der Waals surface area contributed by atoms with Crippen molar-refractivity contribution < 1.29 is 4.39 Å². The van der Waals surface area contributed by atoms with Gasteiger partial charge >= 0.3 is 0 Å². The number of tetrazole rings is 1. The molecule has 1 fully saturated rings. The molecule has 0 aliphatic carbocycles. The van der Waals surface area contributed by atoms with Gasteiger partial charge in [0.2, 0.25) is 0 Å². The molecule has 5 rings (SSSR count). The fourth-order valence-corrected chi connectivity index (χ4v) is 4.96. The number of fused-ring (bicyclic) bond motifs is 1. The average Bonchev–Trinajstić information content (AvgIpc) is 3.37. The van der Waals surface area contributed by atoms with Crippen LogP contribution >= 0.6 is 11.3 Å². The highest BCUT2D eigenvalue weighted by Gasteiger charge is 2.24. The Labute approximate surface area is 172 Å². The van der Waals surface area contributed by atoms with E-state index >= 15 is 0 Å². The van der Waals surface area contributed by atoms with Crippen LogP contribution in [0.3, 0.4) is 0 Å². The molecule has 0 amide bonds. The third-order valence-electron chi connectivity index (χ3n) is 5.46. The molecule has 0 unspecified atom stereocenters.